The number of carbonyl (C=O) groups excluding carboxylic acids is 1. The van der Waals surface area contributed by atoms with Gasteiger partial charge < -0.3 is 30.7 Å². The maximum absolute atomic E-state index is 11.7. The lowest BCUT2D eigenvalue weighted by atomic mass is 10.0. The average molecular weight is 432 g/mol. The van der Waals surface area contributed by atoms with E-state index < -0.39 is 12.1 Å². The number of nitrogen functional groups attached to an aromatic ring is 1. The molecule has 0 atom stereocenters. The molecule has 2 rings (SSSR count). The standard InChI is InChI=1S/C17H26N4O2.C2HF3O2/c1-5-17(22)19-14-10-13(18)16(23-4)11-15(14)21-8-6-12(7-9-21)20(2)3;3-2(4,5)1(6)7/h5,10-12H,1,6-9,18H2,2-4H3,(H,19,22);(H,6,7). The van der Waals surface area contributed by atoms with Gasteiger partial charge in [-0.05, 0) is 39.1 Å². The highest BCUT2D eigenvalue weighted by Crippen LogP contribution is 2.37. The fourth-order valence-electron chi connectivity index (χ4n) is 2.93. The molecule has 8 nitrogen and oxygen atoms in total. The first-order valence-corrected chi connectivity index (χ1v) is 9.03. The number of hydrogen-bond donors (Lipinski definition) is 3. The summed E-state index contributed by atoms with van der Waals surface area (Å²) in [7, 11) is 5.82. The quantitative estimate of drug-likeness (QED) is 0.485. The van der Waals surface area contributed by atoms with Crippen molar-refractivity contribution in [1.29, 1.82) is 0 Å². The first kappa shape index (κ1) is 25.1. The number of ether oxygens (including phenoxy) is 1. The molecule has 1 heterocycles. The zero-order valence-corrected chi connectivity index (χ0v) is 17.1. The van der Waals surface area contributed by atoms with Crippen LogP contribution in [0.3, 0.4) is 0 Å². The highest BCUT2D eigenvalue weighted by atomic mass is 19.4. The number of piperidine rings is 1. The number of benzene rings is 1. The van der Waals surface area contributed by atoms with Crippen molar-refractivity contribution >= 4 is 28.9 Å². The summed E-state index contributed by atoms with van der Waals surface area (Å²) in [5.41, 5.74) is 8.11. The number of aliphatic carboxylic acids is 1. The number of methoxy groups -OCH3 is 1. The second-order valence-electron chi connectivity index (χ2n) is 6.79. The minimum atomic E-state index is -5.08. The van der Waals surface area contributed by atoms with Crippen molar-refractivity contribution in [3.8, 4) is 5.75 Å². The molecule has 0 unspecified atom stereocenters. The molecule has 0 saturated carbocycles. The average Bonchev–Trinajstić information content (AvgIpc) is 2.68. The molecule has 0 aromatic heterocycles. The van der Waals surface area contributed by atoms with E-state index in [-0.39, 0.29) is 5.91 Å². The summed E-state index contributed by atoms with van der Waals surface area (Å²) in [5, 5.41) is 9.96. The normalized spacial score (nSPS) is 14.6. The summed E-state index contributed by atoms with van der Waals surface area (Å²) < 4.78 is 37.1. The smallest absolute Gasteiger partial charge is 0.490 e. The molecule has 1 saturated heterocycles. The van der Waals surface area contributed by atoms with Crippen molar-refractivity contribution < 1.29 is 32.6 Å². The molecule has 0 bridgehead atoms. The highest BCUT2D eigenvalue weighted by Gasteiger charge is 2.38. The topological polar surface area (TPSA) is 108 Å². The van der Waals surface area contributed by atoms with E-state index in [0.717, 1.165) is 31.6 Å². The Labute approximate surface area is 173 Å². The molecule has 30 heavy (non-hydrogen) atoms. The summed E-state index contributed by atoms with van der Waals surface area (Å²) >= 11 is 0. The lowest BCUT2D eigenvalue weighted by Crippen LogP contribution is -2.42. The van der Waals surface area contributed by atoms with Crippen LogP contribution < -0.4 is 20.7 Å². The Bertz CT molecular complexity index is 761. The SMILES string of the molecule is C=CC(=O)Nc1cc(N)c(OC)cc1N1CCC(N(C)C)CC1.O=C(O)C(F)(F)F. The van der Waals surface area contributed by atoms with E-state index in [1.54, 1.807) is 13.2 Å². The number of halogens is 3. The summed E-state index contributed by atoms with van der Waals surface area (Å²) in [6.45, 7) is 5.34. The van der Waals surface area contributed by atoms with Crippen LogP contribution >= 0.6 is 0 Å². The fraction of sp³-hybridized carbons (Fsp3) is 0.474. The zero-order valence-electron chi connectivity index (χ0n) is 17.1. The highest BCUT2D eigenvalue weighted by molar-refractivity contribution is 6.02. The van der Waals surface area contributed by atoms with E-state index in [9.17, 15) is 18.0 Å². The number of rotatable bonds is 5. The van der Waals surface area contributed by atoms with Gasteiger partial charge in [-0.3, -0.25) is 4.79 Å². The summed E-state index contributed by atoms with van der Waals surface area (Å²) in [5.74, 6) is -2.39. The van der Waals surface area contributed by atoms with Crippen LogP contribution in [0.4, 0.5) is 30.2 Å². The van der Waals surface area contributed by atoms with Crippen LogP contribution in [0.25, 0.3) is 0 Å². The van der Waals surface area contributed by atoms with Gasteiger partial charge in [0.25, 0.3) is 0 Å². The second kappa shape index (κ2) is 10.7. The Morgan fingerprint density at radius 2 is 1.87 bits per heavy atom. The molecule has 4 N–H and O–H groups in total. The third kappa shape index (κ3) is 7.14. The van der Waals surface area contributed by atoms with Crippen LogP contribution in [0, 0.1) is 0 Å². The predicted molar refractivity (Wildman–Crippen MR) is 109 cm³/mol. The number of nitrogens with zero attached hydrogens (tertiary/aromatic N) is 2. The van der Waals surface area contributed by atoms with Gasteiger partial charge in [0.1, 0.15) is 5.75 Å². The Morgan fingerprint density at radius 1 is 1.33 bits per heavy atom. The molecule has 0 spiro atoms. The molecular formula is C19H27F3N4O4. The summed E-state index contributed by atoms with van der Waals surface area (Å²) in [6, 6.07) is 4.23. The Kier molecular flexibility index (Phi) is 8.96. The van der Waals surface area contributed by atoms with Crippen molar-refractivity contribution in [3.05, 3.63) is 24.8 Å². The molecule has 11 heteroatoms. The molecule has 1 aromatic carbocycles. The van der Waals surface area contributed by atoms with Gasteiger partial charge in [-0.1, -0.05) is 6.58 Å². The van der Waals surface area contributed by atoms with Gasteiger partial charge in [0.05, 0.1) is 24.2 Å². The van der Waals surface area contributed by atoms with E-state index in [0.29, 0.717) is 23.2 Å². The third-order valence-corrected chi connectivity index (χ3v) is 4.57. The lowest BCUT2D eigenvalue weighted by molar-refractivity contribution is -0.192. The van der Waals surface area contributed by atoms with Gasteiger partial charge in [-0.15, -0.1) is 0 Å². The first-order valence-electron chi connectivity index (χ1n) is 9.03. The number of hydrogen-bond acceptors (Lipinski definition) is 6. The van der Waals surface area contributed by atoms with Crippen molar-refractivity contribution in [3.63, 3.8) is 0 Å². The number of nitrogens with one attached hydrogen (secondary N) is 1. The summed E-state index contributed by atoms with van der Waals surface area (Å²) in [4.78, 5) is 25.1. The summed E-state index contributed by atoms with van der Waals surface area (Å²) in [6.07, 6.45) is -1.68. The van der Waals surface area contributed by atoms with E-state index in [2.05, 4.69) is 35.8 Å². The van der Waals surface area contributed by atoms with Crippen LogP contribution in [-0.4, -0.2) is 68.4 Å². The number of amides is 1. The van der Waals surface area contributed by atoms with E-state index in [1.165, 1.54) is 6.08 Å². The van der Waals surface area contributed by atoms with Gasteiger partial charge in [-0.2, -0.15) is 13.2 Å². The third-order valence-electron chi connectivity index (χ3n) is 4.57. The largest absolute Gasteiger partial charge is 0.495 e. The second-order valence-corrected chi connectivity index (χ2v) is 6.79. The van der Waals surface area contributed by atoms with Crippen LogP contribution in [-0.2, 0) is 9.59 Å². The molecule has 0 aliphatic carbocycles. The Morgan fingerprint density at radius 3 is 2.27 bits per heavy atom. The van der Waals surface area contributed by atoms with Gasteiger partial charge >= 0.3 is 12.1 Å². The van der Waals surface area contributed by atoms with Gasteiger partial charge in [-0.25, -0.2) is 4.79 Å². The molecular weight excluding hydrogens is 405 g/mol. The zero-order chi connectivity index (χ0) is 23.1. The Balaban J connectivity index is 0.000000553. The fourth-order valence-corrected chi connectivity index (χ4v) is 2.93. The number of anilines is 3. The van der Waals surface area contributed by atoms with Crippen molar-refractivity contribution in [2.24, 2.45) is 0 Å². The van der Waals surface area contributed by atoms with Crippen molar-refractivity contribution in [2.75, 3.05) is 50.2 Å². The molecule has 1 aliphatic rings. The van der Waals surface area contributed by atoms with Crippen LogP contribution in [0.2, 0.25) is 0 Å². The molecule has 0 radical (unpaired) electrons. The van der Waals surface area contributed by atoms with Gasteiger partial charge in [0.15, 0.2) is 0 Å². The predicted octanol–water partition coefficient (Wildman–Crippen LogP) is 2.57. The van der Waals surface area contributed by atoms with E-state index in [4.69, 9.17) is 20.4 Å². The first-order chi connectivity index (χ1) is 13.9. The number of carbonyl (C=O) groups is 2. The number of alkyl halides is 3. The van der Waals surface area contributed by atoms with Gasteiger partial charge in [0, 0.05) is 25.2 Å². The maximum Gasteiger partial charge on any atom is 0.490 e. The molecule has 1 fully saturated rings. The van der Waals surface area contributed by atoms with Crippen LogP contribution in [0.15, 0.2) is 24.8 Å². The Hall–Kier alpha value is -2.95. The van der Waals surface area contributed by atoms with Crippen LogP contribution in [0.1, 0.15) is 12.8 Å². The van der Waals surface area contributed by atoms with Crippen molar-refractivity contribution in [1.82, 2.24) is 4.90 Å². The number of carboxylic acids is 1. The maximum atomic E-state index is 11.7. The molecule has 1 aromatic rings. The molecule has 1 amide bonds. The minimum absolute atomic E-state index is 0.251. The monoisotopic (exact) mass is 432 g/mol. The molecule has 1 aliphatic heterocycles. The van der Waals surface area contributed by atoms with Gasteiger partial charge in [0.2, 0.25) is 5.91 Å². The minimum Gasteiger partial charge on any atom is -0.495 e. The number of carboxylic acid groups (broad SMARTS) is 1. The molecule has 168 valence electrons. The van der Waals surface area contributed by atoms with Crippen LogP contribution in [0.5, 0.6) is 5.75 Å². The number of nitrogens with two attached hydrogens (primary N) is 1. The van der Waals surface area contributed by atoms with Crippen molar-refractivity contribution in [2.45, 2.75) is 25.1 Å². The lowest BCUT2D eigenvalue weighted by Gasteiger charge is -2.37. The van der Waals surface area contributed by atoms with E-state index >= 15 is 0 Å². The van der Waals surface area contributed by atoms with E-state index in [1.807, 2.05) is 6.07 Å².